The molecule has 7 nitrogen and oxygen atoms in total. The van der Waals surface area contributed by atoms with Crippen molar-refractivity contribution in [2.45, 2.75) is 128 Å². The Morgan fingerprint density at radius 2 is 0.943 bits per heavy atom. The highest BCUT2D eigenvalue weighted by Gasteiger charge is 2.10. The summed E-state index contributed by atoms with van der Waals surface area (Å²) in [4.78, 5) is 35.8. The van der Waals surface area contributed by atoms with Gasteiger partial charge in [-0.15, -0.1) is 11.3 Å². The summed E-state index contributed by atoms with van der Waals surface area (Å²) < 4.78 is 22.8. The van der Waals surface area contributed by atoms with Gasteiger partial charge in [0.05, 0.1) is 32.0 Å². The molecule has 3 rings (SSSR count). The summed E-state index contributed by atoms with van der Waals surface area (Å²) in [6.07, 6.45) is 25.4. The van der Waals surface area contributed by atoms with E-state index in [0.29, 0.717) is 25.4 Å². The van der Waals surface area contributed by atoms with Crippen LogP contribution in [0.3, 0.4) is 0 Å². The third-order valence-electron chi connectivity index (χ3n) is 9.29. The van der Waals surface area contributed by atoms with Crippen LogP contribution < -0.4 is 4.74 Å². The smallest absolute Gasteiger partial charge is 0.338 e. The minimum Gasteiger partial charge on any atom is -0.494 e. The maximum absolute atomic E-state index is 12.6. The Kier molecular flexibility index (Phi) is 22.7. The van der Waals surface area contributed by atoms with Crippen LogP contribution in [0.15, 0.2) is 73.8 Å². The van der Waals surface area contributed by atoms with Gasteiger partial charge in [-0.2, -0.15) is 0 Å². The number of thiophene rings is 1. The third kappa shape index (κ3) is 19.1. The Morgan fingerprint density at radius 1 is 0.509 bits per heavy atom. The topological polar surface area (TPSA) is 88.1 Å². The molecule has 0 bridgehead atoms. The quantitative estimate of drug-likeness (QED) is 0.0280. The molecule has 290 valence electrons. The lowest BCUT2D eigenvalue weighted by Gasteiger charge is -2.06. The summed E-state index contributed by atoms with van der Waals surface area (Å²) >= 11 is 1.75. The van der Waals surface area contributed by atoms with Gasteiger partial charge in [-0.1, -0.05) is 128 Å². The van der Waals surface area contributed by atoms with Crippen molar-refractivity contribution >= 4 is 39.3 Å². The van der Waals surface area contributed by atoms with Crippen LogP contribution in [0.25, 0.3) is 20.5 Å². The first-order valence-corrected chi connectivity index (χ1v) is 20.8. The van der Waals surface area contributed by atoms with Gasteiger partial charge in [0.25, 0.3) is 0 Å². The number of rotatable bonds is 31. The van der Waals surface area contributed by atoms with E-state index >= 15 is 0 Å². The summed E-state index contributed by atoms with van der Waals surface area (Å²) in [5, 5.41) is 1.17. The Morgan fingerprint density at radius 3 is 1.42 bits per heavy atom. The molecule has 0 fully saturated rings. The van der Waals surface area contributed by atoms with Crippen LogP contribution in [0.4, 0.5) is 0 Å². The van der Waals surface area contributed by atoms with Crippen LogP contribution in [0, 0.1) is 0 Å². The van der Waals surface area contributed by atoms with Crippen molar-refractivity contribution in [1.29, 1.82) is 0 Å². The monoisotopic (exact) mass is 746 g/mol. The molecule has 0 atom stereocenters. The largest absolute Gasteiger partial charge is 0.494 e. The van der Waals surface area contributed by atoms with Gasteiger partial charge in [-0.25, -0.2) is 14.4 Å². The molecule has 0 spiro atoms. The Hall–Kier alpha value is -3.91. The molecule has 0 saturated carbocycles. The van der Waals surface area contributed by atoms with Gasteiger partial charge < -0.3 is 18.9 Å². The van der Waals surface area contributed by atoms with Crippen molar-refractivity contribution in [3.05, 3.63) is 79.4 Å². The summed E-state index contributed by atoms with van der Waals surface area (Å²) in [7, 11) is 0. The number of carbonyl (C=O) groups is 3. The number of carbonyl (C=O) groups excluding carboxylic acids is 3. The van der Waals surface area contributed by atoms with Gasteiger partial charge in [-0.05, 0) is 73.0 Å². The van der Waals surface area contributed by atoms with E-state index < -0.39 is 0 Å². The van der Waals surface area contributed by atoms with Crippen molar-refractivity contribution < 1.29 is 33.3 Å². The second-order valence-corrected chi connectivity index (χ2v) is 14.8. The lowest BCUT2D eigenvalue weighted by molar-refractivity contribution is -0.138. The molecule has 0 amide bonds. The van der Waals surface area contributed by atoms with Gasteiger partial charge in [0.15, 0.2) is 0 Å². The highest BCUT2D eigenvalue weighted by Crippen LogP contribution is 2.35. The molecule has 53 heavy (non-hydrogen) atoms. The van der Waals surface area contributed by atoms with Crippen LogP contribution in [0.2, 0.25) is 0 Å². The summed E-state index contributed by atoms with van der Waals surface area (Å²) in [5.74, 6) is -0.0239. The first-order valence-electron chi connectivity index (χ1n) is 20.0. The van der Waals surface area contributed by atoms with Gasteiger partial charge in [0.1, 0.15) is 5.75 Å². The van der Waals surface area contributed by atoms with Gasteiger partial charge in [0.2, 0.25) is 0 Å². The summed E-state index contributed by atoms with van der Waals surface area (Å²) in [5.41, 5.74) is 1.67. The Balaban J connectivity index is 1.20. The van der Waals surface area contributed by atoms with E-state index in [2.05, 4.69) is 37.4 Å². The van der Waals surface area contributed by atoms with Crippen molar-refractivity contribution in [1.82, 2.24) is 0 Å². The number of hydrogen-bond acceptors (Lipinski definition) is 8. The molecular weight excluding hydrogens is 685 g/mol. The van der Waals surface area contributed by atoms with Crippen molar-refractivity contribution in [3.63, 3.8) is 0 Å². The number of fused-ring (bicyclic) bond motifs is 1. The van der Waals surface area contributed by atoms with E-state index in [1.165, 1.54) is 99.3 Å². The van der Waals surface area contributed by atoms with Crippen molar-refractivity contribution in [3.8, 4) is 16.2 Å². The molecule has 0 unspecified atom stereocenters. The fraction of sp³-hybridized carbons (Fsp3) is 0.533. The molecule has 1 heterocycles. The van der Waals surface area contributed by atoms with Gasteiger partial charge in [-0.3, -0.25) is 0 Å². The van der Waals surface area contributed by atoms with Crippen molar-refractivity contribution in [2.75, 3.05) is 26.4 Å². The number of unbranched alkanes of at least 4 members (excludes halogenated alkanes) is 18. The maximum atomic E-state index is 12.6. The van der Waals surface area contributed by atoms with Gasteiger partial charge in [0, 0.05) is 21.7 Å². The molecule has 0 saturated heterocycles. The molecule has 0 aliphatic carbocycles. The lowest BCUT2D eigenvalue weighted by atomic mass is 10.1. The van der Waals surface area contributed by atoms with E-state index in [1.807, 2.05) is 24.3 Å². The predicted octanol–water partition coefficient (Wildman–Crippen LogP) is 12.4. The maximum Gasteiger partial charge on any atom is 0.338 e. The Labute approximate surface area is 322 Å². The average Bonchev–Trinajstić information content (AvgIpc) is 3.61. The van der Waals surface area contributed by atoms with Crippen molar-refractivity contribution in [2.24, 2.45) is 0 Å². The molecule has 0 aliphatic heterocycles. The molecule has 1 aromatic heterocycles. The molecule has 0 N–H and O–H groups in total. The van der Waals surface area contributed by atoms with E-state index in [-0.39, 0.29) is 17.9 Å². The number of hydrogen-bond donors (Lipinski definition) is 0. The highest BCUT2D eigenvalue weighted by molar-refractivity contribution is 7.22. The zero-order valence-corrected chi connectivity index (χ0v) is 32.7. The molecule has 0 aliphatic rings. The van der Waals surface area contributed by atoms with E-state index in [1.54, 1.807) is 11.3 Å². The third-order valence-corrected chi connectivity index (χ3v) is 10.5. The molecule has 8 heteroatoms. The van der Waals surface area contributed by atoms with E-state index in [4.69, 9.17) is 18.9 Å². The minimum atomic E-state index is -0.341. The van der Waals surface area contributed by atoms with Crippen LogP contribution in [0.5, 0.6) is 5.75 Å². The summed E-state index contributed by atoms with van der Waals surface area (Å²) in [6, 6.07) is 16.2. The zero-order valence-electron chi connectivity index (χ0n) is 31.9. The molecule has 2 aromatic carbocycles. The SMILES string of the molecule is C=CC(=O)OCCCCCCCCCCCCOC(=O)c1ccc(-c2cc3cc(OCCCCCCCCCCCCOC(=O)C=C)ccc3s2)cc1. The summed E-state index contributed by atoms with van der Waals surface area (Å²) in [6.45, 7) is 8.97. The van der Waals surface area contributed by atoms with Crippen LogP contribution in [0.1, 0.15) is 139 Å². The predicted molar refractivity (Wildman–Crippen MR) is 218 cm³/mol. The first kappa shape index (κ1) is 43.5. The normalized spacial score (nSPS) is 10.9. The fourth-order valence-electron chi connectivity index (χ4n) is 6.16. The first-order chi connectivity index (χ1) is 26.0. The van der Waals surface area contributed by atoms with E-state index in [9.17, 15) is 14.4 Å². The molecule has 0 radical (unpaired) electrons. The molecule has 3 aromatic rings. The fourth-order valence-corrected chi connectivity index (χ4v) is 7.21. The number of esters is 3. The minimum absolute atomic E-state index is 0.261. The number of benzene rings is 2. The second-order valence-electron chi connectivity index (χ2n) is 13.7. The second kappa shape index (κ2) is 27.7. The standard InChI is InChI=1S/C45H62O7S/c1-3-43(46)50-32-22-18-14-10-6-5-9-13-17-21-31-49-40-29-30-41-39(35-40)36-42(53-41)37-25-27-38(28-26-37)45(48)52-34-24-20-16-12-8-7-11-15-19-23-33-51-44(47)4-2/h3-4,25-30,35-36H,1-2,5-24,31-34H2. The lowest BCUT2D eigenvalue weighted by Crippen LogP contribution is -2.06. The zero-order chi connectivity index (χ0) is 37.8. The molecular formula is C45H62O7S. The Bertz CT molecular complexity index is 1490. The van der Waals surface area contributed by atoms with Crippen LogP contribution in [-0.2, 0) is 23.8 Å². The average molecular weight is 747 g/mol. The van der Waals surface area contributed by atoms with Crippen LogP contribution >= 0.6 is 11.3 Å². The number of ether oxygens (including phenoxy) is 4. The van der Waals surface area contributed by atoms with Gasteiger partial charge >= 0.3 is 17.9 Å². The van der Waals surface area contributed by atoms with E-state index in [0.717, 1.165) is 74.2 Å². The highest BCUT2D eigenvalue weighted by atomic mass is 32.1. The van der Waals surface area contributed by atoms with Crippen LogP contribution in [-0.4, -0.2) is 44.3 Å².